The molecule has 0 unspecified atom stereocenters. The van der Waals surface area contributed by atoms with Gasteiger partial charge in [0.15, 0.2) is 17.3 Å². The summed E-state index contributed by atoms with van der Waals surface area (Å²) in [6.07, 6.45) is 3.50. The molecule has 102 valence electrons. The highest BCUT2D eigenvalue weighted by Gasteiger charge is 2.15. The maximum absolute atomic E-state index is 12.1. The van der Waals surface area contributed by atoms with Gasteiger partial charge in [0.05, 0.1) is 6.54 Å². The van der Waals surface area contributed by atoms with Crippen molar-refractivity contribution in [3.63, 3.8) is 0 Å². The van der Waals surface area contributed by atoms with E-state index in [4.69, 9.17) is 9.47 Å². The lowest BCUT2D eigenvalue weighted by molar-refractivity contribution is 0.0990. The van der Waals surface area contributed by atoms with Gasteiger partial charge in [-0.1, -0.05) is 6.07 Å². The number of pyridine rings is 1. The first-order valence-corrected chi connectivity index (χ1v) is 6.35. The molecular formula is C15H14N2O3. The molecule has 0 spiro atoms. The van der Waals surface area contributed by atoms with Crippen LogP contribution in [0.15, 0.2) is 42.7 Å². The third-order valence-electron chi connectivity index (χ3n) is 3.03. The molecule has 1 aromatic carbocycles. The lowest BCUT2D eigenvalue weighted by Crippen LogP contribution is -2.22. The Labute approximate surface area is 116 Å². The SMILES string of the molecule is O=C(CNCc1cccnc1)c1ccc2c(c1)OCO2. The molecule has 0 fully saturated rings. The van der Waals surface area contributed by atoms with E-state index in [2.05, 4.69) is 10.3 Å². The van der Waals surface area contributed by atoms with Crippen LogP contribution in [-0.4, -0.2) is 24.1 Å². The number of hydrogen-bond donors (Lipinski definition) is 1. The number of carbonyl (C=O) groups is 1. The van der Waals surface area contributed by atoms with Crippen molar-refractivity contribution < 1.29 is 14.3 Å². The molecule has 1 aromatic heterocycles. The number of ketones is 1. The Morgan fingerprint density at radius 1 is 1.25 bits per heavy atom. The fourth-order valence-electron chi connectivity index (χ4n) is 2.00. The first kappa shape index (κ1) is 12.6. The van der Waals surface area contributed by atoms with Gasteiger partial charge in [-0.3, -0.25) is 9.78 Å². The monoisotopic (exact) mass is 270 g/mol. The summed E-state index contributed by atoms with van der Waals surface area (Å²) in [5, 5.41) is 3.11. The minimum absolute atomic E-state index is 0.0205. The standard InChI is InChI=1S/C15H14N2O3/c18-13(9-17-8-11-2-1-5-16-7-11)12-3-4-14-15(6-12)20-10-19-14/h1-7,17H,8-10H2. The average Bonchev–Trinajstić information content (AvgIpc) is 2.95. The summed E-state index contributed by atoms with van der Waals surface area (Å²) in [5.41, 5.74) is 1.67. The molecule has 0 atom stereocenters. The van der Waals surface area contributed by atoms with E-state index in [9.17, 15) is 4.79 Å². The number of hydrogen-bond acceptors (Lipinski definition) is 5. The summed E-state index contributed by atoms with van der Waals surface area (Å²) < 4.78 is 10.5. The van der Waals surface area contributed by atoms with Gasteiger partial charge in [0.1, 0.15) is 0 Å². The molecule has 1 N–H and O–H groups in total. The van der Waals surface area contributed by atoms with Crippen LogP contribution in [0.3, 0.4) is 0 Å². The molecule has 20 heavy (non-hydrogen) atoms. The van der Waals surface area contributed by atoms with Crippen LogP contribution in [-0.2, 0) is 6.54 Å². The molecule has 0 amide bonds. The van der Waals surface area contributed by atoms with Gasteiger partial charge in [-0.25, -0.2) is 0 Å². The Balaban J connectivity index is 1.57. The second kappa shape index (κ2) is 5.71. The fourth-order valence-corrected chi connectivity index (χ4v) is 2.00. The van der Waals surface area contributed by atoms with E-state index < -0.39 is 0 Å². The van der Waals surface area contributed by atoms with Crippen molar-refractivity contribution in [2.24, 2.45) is 0 Å². The summed E-state index contributed by atoms with van der Waals surface area (Å²) in [6, 6.07) is 9.07. The van der Waals surface area contributed by atoms with Gasteiger partial charge < -0.3 is 14.8 Å². The maximum atomic E-state index is 12.1. The zero-order valence-corrected chi connectivity index (χ0v) is 10.8. The van der Waals surface area contributed by atoms with Crippen molar-refractivity contribution in [1.82, 2.24) is 10.3 Å². The van der Waals surface area contributed by atoms with Crippen molar-refractivity contribution >= 4 is 5.78 Å². The molecule has 2 heterocycles. The van der Waals surface area contributed by atoms with E-state index in [-0.39, 0.29) is 19.1 Å². The molecule has 0 bridgehead atoms. The largest absolute Gasteiger partial charge is 0.454 e. The minimum atomic E-state index is 0.0205. The second-order valence-corrected chi connectivity index (χ2v) is 4.46. The van der Waals surface area contributed by atoms with Gasteiger partial charge in [-0.05, 0) is 29.8 Å². The molecule has 3 rings (SSSR count). The minimum Gasteiger partial charge on any atom is -0.454 e. The first-order chi connectivity index (χ1) is 9.83. The third-order valence-corrected chi connectivity index (χ3v) is 3.03. The van der Waals surface area contributed by atoms with Crippen LogP contribution < -0.4 is 14.8 Å². The van der Waals surface area contributed by atoms with E-state index in [0.29, 0.717) is 23.6 Å². The summed E-state index contributed by atoms with van der Waals surface area (Å²) >= 11 is 0. The Hall–Kier alpha value is -2.40. The van der Waals surface area contributed by atoms with E-state index >= 15 is 0 Å². The first-order valence-electron chi connectivity index (χ1n) is 6.35. The van der Waals surface area contributed by atoms with Crippen LogP contribution in [0.4, 0.5) is 0 Å². The van der Waals surface area contributed by atoms with Crippen molar-refractivity contribution in [1.29, 1.82) is 0 Å². The Kier molecular flexibility index (Phi) is 3.60. The van der Waals surface area contributed by atoms with Crippen LogP contribution in [0.5, 0.6) is 11.5 Å². The predicted octanol–water partition coefficient (Wildman–Crippen LogP) is 1.78. The number of nitrogens with one attached hydrogen (secondary N) is 1. The van der Waals surface area contributed by atoms with Gasteiger partial charge >= 0.3 is 0 Å². The fraction of sp³-hybridized carbons (Fsp3) is 0.200. The van der Waals surface area contributed by atoms with E-state index in [1.54, 1.807) is 30.6 Å². The normalized spacial score (nSPS) is 12.4. The highest BCUT2D eigenvalue weighted by Crippen LogP contribution is 2.32. The number of ether oxygens (including phenoxy) is 2. The number of aromatic nitrogens is 1. The van der Waals surface area contributed by atoms with Crippen LogP contribution in [0, 0.1) is 0 Å². The summed E-state index contributed by atoms with van der Waals surface area (Å²) in [5.74, 6) is 1.33. The lowest BCUT2D eigenvalue weighted by Gasteiger charge is -2.05. The van der Waals surface area contributed by atoms with E-state index in [1.807, 2.05) is 12.1 Å². The summed E-state index contributed by atoms with van der Waals surface area (Å²) in [6.45, 7) is 1.10. The number of Topliss-reactive ketones (excluding diaryl/α,β-unsaturated/α-hetero) is 1. The molecule has 1 aliphatic rings. The highest BCUT2D eigenvalue weighted by molar-refractivity contribution is 5.98. The Morgan fingerprint density at radius 2 is 2.15 bits per heavy atom. The molecule has 0 saturated heterocycles. The number of carbonyl (C=O) groups excluding carboxylic acids is 1. The molecule has 0 radical (unpaired) electrons. The van der Waals surface area contributed by atoms with E-state index in [0.717, 1.165) is 5.56 Å². The molecular weight excluding hydrogens is 256 g/mol. The summed E-state index contributed by atoms with van der Waals surface area (Å²) in [4.78, 5) is 16.1. The molecule has 0 aliphatic carbocycles. The summed E-state index contributed by atoms with van der Waals surface area (Å²) in [7, 11) is 0. The molecule has 2 aromatic rings. The number of rotatable bonds is 5. The number of nitrogens with zero attached hydrogens (tertiary/aromatic N) is 1. The topological polar surface area (TPSA) is 60.5 Å². The molecule has 5 nitrogen and oxygen atoms in total. The van der Waals surface area contributed by atoms with Crippen molar-refractivity contribution in [3.05, 3.63) is 53.9 Å². The van der Waals surface area contributed by atoms with Crippen molar-refractivity contribution in [2.75, 3.05) is 13.3 Å². The van der Waals surface area contributed by atoms with Gasteiger partial charge in [0.2, 0.25) is 6.79 Å². The van der Waals surface area contributed by atoms with Gasteiger partial charge in [-0.2, -0.15) is 0 Å². The molecule has 0 saturated carbocycles. The molecule has 5 heteroatoms. The maximum Gasteiger partial charge on any atom is 0.231 e. The smallest absolute Gasteiger partial charge is 0.231 e. The lowest BCUT2D eigenvalue weighted by atomic mass is 10.1. The second-order valence-electron chi connectivity index (χ2n) is 4.46. The van der Waals surface area contributed by atoms with Crippen molar-refractivity contribution in [3.8, 4) is 11.5 Å². The Bertz CT molecular complexity index is 614. The quantitative estimate of drug-likeness (QED) is 0.839. The van der Waals surface area contributed by atoms with Gasteiger partial charge in [-0.15, -0.1) is 0 Å². The molecule has 1 aliphatic heterocycles. The predicted molar refractivity (Wildman–Crippen MR) is 72.8 cm³/mol. The highest BCUT2D eigenvalue weighted by atomic mass is 16.7. The zero-order chi connectivity index (χ0) is 13.8. The van der Waals surface area contributed by atoms with Crippen LogP contribution in [0.25, 0.3) is 0 Å². The van der Waals surface area contributed by atoms with Gasteiger partial charge in [0.25, 0.3) is 0 Å². The average molecular weight is 270 g/mol. The third kappa shape index (κ3) is 2.78. The van der Waals surface area contributed by atoms with Crippen LogP contribution >= 0.6 is 0 Å². The van der Waals surface area contributed by atoms with Crippen molar-refractivity contribution in [2.45, 2.75) is 6.54 Å². The number of fused-ring (bicyclic) bond motifs is 1. The van der Waals surface area contributed by atoms with Crippen LogP contribution in [0.2, 0.25) is 0 Å². The van der Waals surface area contributed by atoms with Crippen LogP contribution in [0.1, 0.15) is 15.9 Å². The Morgan fingerprint density at radius 3 is 3.00 bits per heavy atom. The van der Waals surface area contributed by atoms with E-state index in [1.165, 1.54) is 0 Å². The number of benzene rings is 1. The zero-order valence-electron chi connectivity index (χ0n) is 10.8. The van der Waals surface area contributed by atoms with Gasteiger partial charge in [0, 0.05) is 24.5 Å².